The van der Waals surface area contributed by atoms with Crippen LogP contribution in [0, 0.1) is 5.92 Å². The van der Waals surface area contributed by atoms with Gasteiger partial charge in [0.15, 0.2) is 0 Å². The minimum absolute atomic E-state index is 0.0301. The lowest BCUT2D eigenvalue weighted by molar-refractivity contribution is -0.123. The molecule has 2 heterocycles. The van der Waals surface area contributed by atoms with Crippen molar-refractivity contribution in [3.05, 3.63) is 30.1 Å². The molecule has 2 aromatic rings. The maximum atomic E-state index is 12.4. The fraction of sp³-hybridized carbons (Fsp3) is 0.529. The maximum absolute atomic E-state index is 12.4. The second-order valence-electron chi connectivity index (χ2n) is 6.52. The fourth-order valence-electron chi connectivity index (χ4n) is 3.90. The van der Waals surface area contributed by atoms with E-state index in [1.54, 1.807) is 0 Å². The minimum Gasteiger partial charge on any atom is -0.348 e. The fourth-order valence-corrected chi connectivity index (χ4v) is 3.90. The van der Waals surface area contributed by atoms with Gasteiger partial charge in [0.2, 0.25) is 5.91 Å². The molecular formula is C17H22N4O. The van der Waals surface area contributed by atoms with Gasteiger partial charge < -0.3 is 15.6 Å². The first-order valence-electron chi connectivity index (χ1n) is 8.27. The van der Waals surface area contributed by atoms with Crippen molar-refractivity contribution < 1.29 is 4.79 Å². The summed E-state index contributed by atoms with van der Waals surface area (Å²) in [4.78, 5) is 20.1. The molecule has 0 spiro atoms. The molecule has 0 bridgehead atoms. The number of hydrogen-bond acceptors (Lipinski definition) is 3. The van der Waals surface area contributed by atoms with E-state index in [0.717, 1.165) is 23.3 Å². The minimum atomic E-state index is -0.0301. The number of fused-ring (bicyclic) bond motifs is 2. The highest BCUT2D eigenvalue weighted by Gasteiger charge is 2.38. The zero-order valence-corrected chi connectivity index (χ0v) is 12.6. The number of hydrogen-bond donors (Lipinski definition) is 3. The highest BCUT2D eigenvalue weighted by Crippen LogP contribution is 2.33. The van der Waals surface area contributed by atoms with E-state index in [-0.39, 0.29) is 11.9 Å². The van der Waals surface area contributed by atoms with Crippen molar-refractivity contribution in [1.82, 2.24) is 20.6 Å². The second-order valence-corrected chi connectivity index (χ2v) is 6.52. The van der Waals surface area contributed by atoms with Gasteiger partial charge >= 0.3 is 0 Å². The third kappa shape index (κ3) is 2.61. The largest absolute Gasteiger partial charge is 0.348 e. The van der Waals surface area contributed by atoms with Crippen LogP contribution in [0.15, 0.2) is 24.3 Å². The Labute approximate surface area is 129 Å². The van der Waals surface area contributed by atoms with Crippen LogP contribution < -0.4 is 10.6 Å². The molecule has 3 N–H and O–H groups in total. The summed E-state index contributed by atoms with van der Waals surface area (Å²) in [5, 5.41) is 6.53. The zero-order valence-electron chi connectivity index (χ0n) is 12.6. The molecule has 2 aliphatic rings. The normalized spacial score (nSPS) is 27.7. The molecule has 1 amide bonds. The first-order valence-corrected chi connectivity index (χ1v) is 8.27. The number of benzene rings is 1. The number of para-hydroxylation sites is 2. The highest BCUT2D eigenvalue weighted by molar-refractivity contribution is 5.82. The Hall–Kier alpha value is -1.88. The Kier molecular flexibility index (Phi) is 3.58. The van der Waals surface area contributed by atoms with E-state index in [2.05, 4.69) is 20.6 Å². The van der Waals surface area contributed by atoms with Gasteiger partial charge in [-0.1, -0.05) is 25.0 Å². The summed E-state index contributed by atoms with van der Waals surface area (Å²) in [6, 6.07) is 8.44. The number of carbonyl (C=O) groups excluding carboxylic acids is 1. The first kappa shape index (κ1) is 13.8. The van der Waals surface area contributed by atoms with E-state index in [1.165, 1.54) is 25.7 Å². The lowest BCUT2D eigenvalue weighted by atomic mass is 9.85. The number of amides is 1. The van der Waals surface area contributed by atoms with Crippen molar-refractivity contribution >= 4 is 16.9 Å². The number of aromatic nitrogens is 2. The van der Waals surface area contributed by atoms with Crippen LogP contribution in [0.1, 0.15) is 37.9 Å². The average molecular weight is 298 g/mol. The molecule has 1 aliphatic carbocycles. The van der Waals surface area contributed by atoms with Gasteiger partial charge in [-0.3, -0.25) is 4.79 Å². The van der Waals surface area contributed by atoms with Crippen LogP contribution in [0.3, 0.4) is 0 Å². The lowest BCUT2D eigenvalue weighted by Crippen LogP contribution is -2.43. The summed E-state index contributed by atoms with van der Waals surface area (Å²) >= 11 is 0. The van der Waals surface area contributed by atoms with Gasteiger partial charge in [0.1, 0.15) is 5.82 Å². The molecule has 5 heteroatoms. The lowest BCUT2D eigenvalue weighted by Gasteiger charge is -2.24. The quantitative estimate of drug-likeness (QED) is 0.813. The molecule has 1 aliphatic heterocycles. The number of aromatic amines is 1. The molecule has 0 radical (unpaired) electrons. The molecule has 116 valence electrons. The first-order chi connectivity index (χ1) is 10.8. The molecule has 3 atom stereocenters. The molecule has 1 saturated carbocycles. The Morgan fingerprint density at radius 2 is 2.14 bits per heavy atom. The highest BCUT2D eigenvalue weighted by atomic mass is 16.2. The van der Waals surface area contributed by atoms with Crippen LogP contribution in [0.5, 0.6) is 0 Å². The predicted octanol–water partition coefficient (Wildman–Crippen LogP) is 2.10. The molecule has 1 aromatic heterocycles. The van der Waals surface area contributed by atoms with Gasteiger partial charge in [-0.2, -0.15) is 0 Å². The summed E-state index contributed by atoms with van der Waals surface area (Å²) in [6.07, 6.45) is 6.08. The Balaban J connectivity index is 1.36. The van der Waals surface area contributed by atoms with Gasteiger partial charge in [0.25, 0.3) is 0 Å². The summed E-state index contributed by atoms with van der Waals surface area (Å²) in [6.45, 7) is 0.459. The number of rotatable bonds is 3. The topological polar surface area (TPSA) is 69.8 Å². The number of carbonyl (C=O) groups is 1. The van der Waals surface area contributed by atoms with Gasteiger partial charge in [0, 0.05) is 6.04 Å². The monoisotopic (exact) mass is 298 g/mol. The number of nitrogens with one attached hydrogen (secondary N) is 3. The number of imidazole rings is 1. The third-order valence-corrected chi connectivity index (χ3v) is 5.05. The SMILES string of the molecule is O=C(NCc1nc2ccccc2[nH]1)C1CC2CCCCC2N1. The molecule has 3 unspecified atom stereocenters. The summed E-state index contributed by atoms with van der Waals surface area (Å²) < 4.78 is 0. The molecule has 1 aromatic carbocycles. The Morgan fingerprint density at radius 3 is 3.00 bits per heavy atom. The van der Waals surface area contributed by atoms with Crippen molar-refractivity contribution in [1.29, 1.82) is 0 Å². The van der Waals surface area contributed by atoms with Crippen molar-refractivity contribution in [3.63, 3.8) is 0 Å². The predicted molar refractivity (Wildman–Crippen MR) is 85.2 cm³/mol. The molecule has 4 rings (SSSR count). The zero-order chi connectivity index (χ0) is 14.9. The van der Waals surface area contributed by atoms with E-state index < -0.39 is 0 Å². The number of nitrogens with zero attached hydrogens (tertiary/aromatic N) is 1. The Bertz CT molecular complexity index is 633. The molecule has 22 heavy (non-hydrogen) atoms. The molecular weight excluding hydrogens is 276 g/mol. The number of H-pyrrole nitrogens is 1. The average Bonchev–Trinajstić information content (AvgIpc) is 3.15. The molecule has 2 fully saturated rings. The second kappa shape index (κ2) is 5.72. The van der Waals surface area contributed by atoms with E-state index in [0.29, 0.717) is 18.5 Å². The van der Waals surface area contributed by atoms with Gasteiger partial charge in [0.05, 0.1) is 23.6 Å². The van der Waals surface area contributed by atoms with Crippen LogP contribution in [0.4, 0.5) is 0 Å². The summed E-state index contributed by atoms with van der Waals surface area (Å²) in [7, 11) is 0. The maximum Gasteiger partial charge on any atom is 0.237 e. The van der Waals surface area contributed by atoms with E-state index in [1.807, 2.05) is 24.3 Å². The van der Waals surface area contributed by atoms with E-state index in [4.69, 9.17) is 0 Å². The van der Waals surface area contributed by atoms with Crippen molar-refractivity contribution in [2.24, 2.45) is 5.92 Å². The van der Waals surface area contributed by atoms with Crippen LogP contribution in [0.2, 0.25) is 0 Å². The van der Waals surface area contributed by atoms with Gasteiger partial charge in [-0.25, -0.2) is 4.98 Å². The standard InChI is InChI=1S/C17H22N4O/c22-17(15-9-11-5-1-2-6-12(11)19-15)18-10-16-20-13-7-3-4-8-14(13)21-16/h3-4,7-8,11-12,15,19H,1-2,5-6,9-10H2,(H,18,22)(H,20,21). The van der Waals surface area contributed by atoms with Gasteiger partial charge in [-0.05, 0) is 37.3 Å². The van der Waals surface area contributed by atoms with Crippen LogP contribution >= 0.6 is 0 Å². The van der Waals surface area contributed by atoms with Gasteiger partial charge in [-0.15, -0.1) is 0 Å². The summed E-state index contributed by atoms with van der Waals surface area (Å²) in [5.41, 5.74) is 1.95. The smallest absolute Gasteiger partial charge is 0.237 e. The third-order valence-electron chi connectivity index (χ3n) is 5.05. The Morgan fingerprint density at radius 1 is 1.27 bits per heavy atom. The molecule has 1 saturated heterocycles. The van der Waals surface area contributed by atoms with Crippen LogP contribution in [-0.4, -0.2) is 28.0 Å². The van der Waals surface area contributed by atoms with Crippen LogP contribution in [0.25, 0.3) is 11.0 Å². The summed E-state index contributed by atoms with van der Waals surface area (Å²) in [5.74, 6) is 1.61. The van der Waals surface area contributed by atoms with Crippen molar-refractivity contribution in [2.45, 2.75) is 50.7 Å². The van der Waals surface area contributed by atoms with E-state index >= 15 is 0 Å². The molecule has 5 nitrogen and oxygen atoms in total. The van der Waals surface area contributed by atoms with Crippen molar-refractivity contribution in [3.8, 4) is 0 Å². The van der Waals surface area contributed by atoms with Crippen molar-refractivity contribution in [2.75, 3.05) is 0 Å². The van der Waals surface area contributed by atoms with E-state index in [9.17, 15) is 4.79 Å². The van der Waals surface area contributed by atoms with Crippen LogP contribution in [-0.2, 0) is 11.3 Å².